The van der Waals surface area contributed by atoms with E-state index in [0.29, 0.717) is 24.6 Å². The summed E-state index contributed by atoms with van der Waals surface area (Å²) in [5.74, 6) is 1.05. The highest BCUT2D eigenvalue weighted by Crippen LogP contribution is 2.37. The predicted molar refractivity (Wildman–Crippen MR) is 136 cm³/mol. The van der Waals surface area contributed by atoms with Gasteiger partial charge in [-0.2, -0.15) is 9.97 Å². The number of nitrogens with one attached hydrogen (secondary N) is 1. The van der Waals surface area contributed by atoms with Crippen molar-refractivity contribution in [1.29, 1.82) is 0 Å². The standard InChI is InChI=1S/C26H32ClN5O/c1-4-18-14-32(15-19(5-2)28-18)25-20-12-13-31(16-22(20)29-26(30-25)33-3)23-11-7-9-17-8-6-10-21(27)24(17)23/h6-11,18-19,28H,4-5,12-16H2,1-3H3. The first-order chi connectivity index (χ1) is 16.1. The van der Waals surface area contributed by atoms with Gasteiger partial charge in [0.1, 0.15) is 5.82 Å². The molecule has 2 aliphatic heterocycles. The van der Waals surface area contributed by atoms with Crippen molar-refractivity contribution >= 4 is 33.9 Å². The van der Waals surface area contributed by atoms with Crippen LogP contribution in [-0.4, -0.2) is 48.8 Å². The molecule has 0 aliphatic carbocycles. The largest absolute Gasteiger partial charge is 0.467 e. The van der Waals surface area contributed by atoms with Crippen LogP contribution >= 0.6 is 11.6 Å². The molecule has 0 amide bonds. The third kappa shape index (κ3) is 4.22. The summed E-state index contributed by atoms with van der Waals surface area (Å²) in [4.78, 5) is 14.5. The lowest BCUT2D eigenvalue weighted by atomic mass is 10.00. The van der Waals surface area contributed by atoms with Gasteiger partial charge in [0.2, 0.25) is 0 Å². The Morgan fingerprint density at radius 2 is 1.76 bits per heavy atom. The molecule has 2 atom stereocenters. The topological polar surface area (TPSA) is 53.5 Å². The molecule has 3 heterocycles. The van der Waals surface area contributed by atoms with Gasteiger partial charge < -0.3 is 19.9 Å². The van der Waals surface area contributed by atoms with E-state index >= 15 is 0 Å². The number of hydrogen-bond acceptors (Lipinski definition) is 6. The van der Waals surface area contributed by atoms with Crippen molar-refractivity contribution in [2.45, 2.75) is 51.7 Å². The number of methoxy groups -OCH3 is 1. The maximum Gasteiger partial charge on any atom is 0.318 e. The fourth-order valence-corrected chi connectivity index (χ4v) is 5.48. The van der Waals surface area contributed by atoms with Gasteiger partial charge in [0, 0.05) is 48.4 Å². The van der Waals surface area contributed by atoms with E-state index in [9.17, 15) is 0 Å². The highest BCUT2D eigenvalue weighted by atomic mass is 35.5. The van der Waals surface area contributed by atoms with Gasteiger partial charge >= 0.3 is 6.01 Å². The van der Waals surface area contributed by atoms with Crippen molar-refractivity contribution in [3.05, 3.63) is 52.7 Å². The zero-order chi connectivity index (χ0) is 22.9. The number of anilines is 2. The van der Waals surface area contributed by atoms with Crippen molar-refractivity contribution in [3.63, 3.8) is 0 Å². The van der Waals surface area contributed by atoms with Crippen molar-refractivity contribution in [1.82, 2.24) is 15.3 Å². The first-order valence-electron chi connectivity index (χ1n) is 12.0. The van der Waals surface area contributed by atoms with Crippen LogP contribution in [0.3, 0.4) is 0 Å². The number of ether oxygens (including phenoxy) is 1. The number of halogens is 1. The number of nitrogens with zero attached hydrogens (tertiary/aromatic N) is 4. The number of piperazine rings is 1. The average Bonchev–Trinajstić information content (AvgIpc) is 2.87. The van der Waals surface area contributed by atoms with Crippen LogP contribution in [0.5, 0.6) is 6.01 Å². The smallest absolute Gasteiger partial charge is 0.318 e. The second-order valence-electron chi connectivity index (χ2n) is 9.03. The van der Waals surface area contributed by atoms with E-state index in [1.54, 1.807) is 7.11 Å². The molecule has 6 nitrogen and oxygen atoms in total. The van der Waals surface area contributed by atoms with Crippen molar-refractivity contribution in [2.75, 3.05) is 36.5 Å². The minimum absolute atomic E-state index is 0.446. The molecule has 0 saturated carbocycles. The maximum absolute atomic E-state index is 6.63. The normalized spacial score (nSPS) is 20.7. The molecular weight excluding hydrogens is 434 g/mol. The predicted octanol–water partition coefficient (Wildman–Crippen LogP) is 4.82. The van der Waals surface area contributed by atoms with E-state index < -0.39 is 0 Å². The van der Waals surface area contributed by atoms with E-state index in [1.807, 2.05) is 12.1 Å². The third-order valence-corrected chi connectivity index (χ3v) is 7.33. The molecule has 0 radical (unpaired) electrons. The van der Waals surface area contributed by atoms with Gasteiger partial charge in [-0.3, -0.25) is 0 Å². The van der Waals surface area contributed by atoms with Crippen molar-refractivity contribution < 1.29 is 4.74 Å². The number of aromatic nitrogens is 2. The molecule has 3 aromatic rings. The zero-order valence-corrected chi connectivity index (χ0v) is 20.4. The molecule has 2 unspecified atom stereocenters. The Hall–Kier alpha value is -2.57. The van der Waals surface area contributed by atoms with Crippen LogP contribution in [0.15, 0.2) is 36.4 Å². The Morgan fingerprint density at radius 1 is 1.03 bits per heavy atom. The Kier molecular flexibility index (Phi) is 6.30. The van der Waals surface area contributed by atoms with E-state index in [0.717, 1.165) is 71.9 Å². The van der Waals surface area contributed by atoms with Crippen molar-refractivity contribution in [2.24, 2.45) is 0 Å². The lowest BCUT2D eigenvalue weighted by molar-refractivity contribution is 0.350. The van der Waals surface area contributed by atoms with Crippen LogP contribution < -0.4 is 19.9 Å². The Balaban J connectivity index is 1.52. The van der Waals surface area contributed by atoms with E-state index in [-0.39, 0.29) is 0 Å². The first-order valence-corrected chi connectivity index (χ1v) is 12.4. The quantitative estimate of drug-likeness (QED) is 0.583. The summed E-state index contributed by atoms with van der Waals surface area (Å²) in [5.41, 5.74) is 3.46. The molecular formula is C26H32ClN5O. The minimum Gasteiger partial charge on any atom is -0.467 e. The van der Waals surface area contributed by atoms with Gasteiger partial charge in [-0.15, -0.1) is 0 Å². The summed E-state index contributed by atoms with van der Waals surface area (Å²) in [7, 11) is 1.65. The summed E-state index contributed by atoms with van der Waals surface area (Å²) in [6.45, 7) is 8.03. The molecule has 33 heavy (non-hydrogen) atoms. The number of hydrogen-bond donors (Lipinski definition) is 1. The molecule has 7 heteroatoms. The SMILES string of the molecule is CCC1CN(c2nc(OC)nc3c2CCN(c2cccc4cccc(Cl)c24)C3)CC(CC)N1. The molecule has 2 aliphatic rings. The molecule has 0 spiro atoms. The van der Waals surface area contributed by atoms with Crippen LogP contribution in [-0.2, 0) is 13.0 Å². The molecule has 5 rings (SSSR count). The second-order valence-corrected chi connectivity index (χ2v) is 9.43. The van der Waals surface area contributed by atoms with Crippen LogP contribution in [0.2, 0.25) is 5.02 Å². The Labute approximate surface area is 200 Å². The summed E-state index contributed by atoms with van der Waals surface area (Å²) < 4.78 is 5.54. The fourth-order valence-electron chi connectivity index (χ4n) is 5.20. The number of fused-ring (bicyclic) bond motifs is 2. The zero-order valence-electron chi connectivity index (χ0n) is 19.6. The van der Waals surface area contributed by atoms with Gasteiger partial charge in [0.15, 0.2) is 0 Å². The highest BCUT2D eigenvalue weighted by Gasteiger charge is 2.31. The molecule has 1 aromatic heterocycles. The molecule has 1 N–H and O–H groups in total. The fraction of sp³-hybridized carbons (Fsp3) is 0.462. The van der Waals surface area contributed by atoms with E-state index in [1.165, 1.54) is 5.56 Å². The molecule has 0 bridgehead atoms. The van der Waals surface area contributed by atoms with Gasteiger partial charge in [-0.1, -0.05) is 49.7 Å². The van der Waals surface area contributed by atoms with Crippen LogP contribution in [0.4, 0.5) is 11.5 Å². The van der Waals surface area contributed by atoms with Gasteiger partial charge in [0.05, 0.1) is 24.4 Å². The Morgan fingerprint density at radius 3 is 2.45 bits per heavy atom. The molecule has 1 fully saturated rings. The monoisotopic (exact) mass is 465 g/mol. The summed E-state index contributed by atoms with van der Waals surface area (Å²) in [6, 6.07) is 13.9. The summed E-state index contributed by atoms with van der Waals surface area (Å²) >= 11 is 6.63. The summed E-state index contributed by atoms with van der Waals surface area (Å²) in [6.07, 6.45) is 3.10. The molecule has 174 valence electrons. The second kappa shape index (κ2) is 9.35. The minimum atomic E-state index is 0.446. The van der Waals surface area contributed by atoms with Gasteiger partial charge in [-0.25, -0.2) is 0 Å². The van der Waals surface area contributed by atoms with Gasteiger partial charge in [-0.05, 0) is 36.8 Å². The lowest BCUT2D eigenvalue weighted by Crippen LogP contribution is -2.56. The number of rotatable bonds is 5. The molecule has 2 aromatic carbocycles. The van der Waals surface area contributed by atoms with E-state index in [2.05, 4.69) is 53.2 Å². The van der Waals surface area contributed by atoms with Crippen LogP contribution in [0.25, 0.3) is 10.8 Å². The first kappa shape index (κ1) is 22.2. The van der Waals surface area contributed by atoms with Gasteiger partial charge in [0.25, 0.3) is 0 Å². The maximum atomic E-state index is 6.63. The molecule has 1 saturated heterocycles. The Bertz CT molecular complexity index is 1140. The van der Waals surface area contributed by atoms with Crippen molar-refractivity contribution in [3.8, 4) is 6.01 Å². The number of benzene rings is 2. The van der Waals surface area contributed by atoms with E-state index in [4.69, 9.17) is 26.3 Å². The van der Waals surface area contributed by atoms with Crippen LogP contribution in [0.1, 0.15) is 37.9 Å². The highest BCUT2D eigenvalue weighted by molar-refractivity contribution is 6.36. The third-order valence-electron chi connectivity index (χ3n) is 7.02. The lowest BCUT2D eigenvalue weighted by Gasteiger charge is -2.41. The average molecular weight is 466 g/mol. The van der Waals surface area contributed by atoms with Crippen LogP contribution in [0, 0.1) is 0 Å². The summed E-state index contributed by atoms with van der Waals surface area (Å²) in [5, 5.41) is 6.82.